The monoisotopic (exact) mass is 471 g/mol. The average Bonchev–Trinajstić information content (AvgIpc) is 3.48. The van der Waals surface area contributed by atoms with Gasteiger partial charge in [-0.1, -0.05) is 36.0 Å². The molecule has 0 atom stereocenters. The van der Waals surface area contributed by atoms with E-state index in [0.29, 0.717) is 11.0 Å². The SMILES string of the molecule is Cc1cc(C)cc(NC(=O)CSc2nnc(-c3cc4occc4n3C)n2-c2ccccc2C)c1. The highest BCUT2D eigenvalue weighted by atomic mass is 32.2. The third kappa shape index (κ3) is 4.12. The van der Waals surface area contributed by atoms with Crippen molar-refractivity contribution in [2.75, 3.05) is 11.1 Å². The number of benzene rings is 2. The first kappa shape index (κ1) is 22.0. The molecule has 1 amide bonds. The number of carbonyl (C=O) groups is 1. The van der Waals surface area contributed by atoms with Crippen molar-refractivity contribution in [3.05, 3.63) is 77.6 Å². The Morgan fingerprint density at radius 2 is 1.79 bits per heavy atom. The predicted octanol–water partition coefficient (Wildman–Crippen LogP) is 5.68. The second-order valence-electron chi connectivity index (χ2n) is 8.40. The van der Waals surface area contributed by atoms with Crippen molar-refractivity contribution >= 4 is 34.5 Å². The van der Waals surface area contributed by atoms with Gasteiger partial charge in [-0.05, 0) is 55.7 Å². The van der Waals surface area contributed by atoms with Crippen LogP contribution in [0, 0.1) is 20.8 Å². The molecule has 1 N–H and O–H groups in total. The van der Waals surface area contributed by atoms with Crippen LogP contribution < -0.4 is 5.32 Å². The second kappa shape index (κ2) is 8.87. The number of aromatic nitrogens is 4. The largest absolute Gasteiger partial charge is 0.463 e. The third-order valence-electron chi connectivity index (χ3n) is 5.72. The molecule has 3 heterocycles. The van der Waals surface area contributed by atoms with Crippen LogP contribution in [0.4, 0.5) is 5.69 Å². The molecule has 8 heteroatoms. The molecule has 0 unspecified atom stereocenters. The van der Waals surface area contributed by atoms with Gasteiger partial charge in [0.05, 0.1) is 28.9 Å². The van der Waals surface area contributed by atoms with Crippen LogP contribution in [0.25, 0.3) is 28.3 Å². The number of carbonyl (C=O) groups excluding carboxylic acids is 1. The Morgan fingerprint density at radius 1 is 1.03 bits per heavy atom. The molecular formula is C26H25N5O2S. The van der Waals surface area contributed by atoms with E-state index in [4.69, 9.17) is 4.42 Å². The second-order valence-corrected chi connectivity index (χ2v) is 9.34. The molecule has 0 aliphatic heterocycles. The summed E-state index contributed by atoms with van der Waals surface area (Å²) in [5.74, 6) is 0.819. The third-order valence-corrected chi connectivity index (χ3v) is 6.65. The average molecular weight is 472 g/mol. The van der Waals surface area contributed by atoms with E-state index < -0.39 is 0 Å². The van der Waals surface area contributed by atoms with Crippen molar-refractivity contribution in [2.24, 2.45) is 7.05 Å². The van der Waals surface area contributed by atoms with Crippen molar-refractivity contribution in [2.45, 2.75) is 25.9 Å². The predicted molar refractivity (Wildman–Crippen MR) is 136 cm³/mol. The van der Waals surface area contributed by atoms with Gasteiger partial charge < -0.3 is 14.3 Å². The van der Waals surface area contributed by atoms with Crippen LogP contribution in [0.5, 0.6) is 0 Å². The van der Waals surface area contributed by atoms with E-state index in [1.165, 1.54) is 11.8 Å². The number of aryl methyl sites for hydroxylation is 4. The number of anilines is 1. The van der Waals surface area contributed by atoms with Gasteiger partial charge in [0.1, 0.15) is 0 Å². The molecule has 0 aliphatic carbocycles. The summed E-state index contributed by atoms with van der Waals surface area (Å²) in [7, 11) is 1.98. The maximum Gasteiger partial charge on any atom is 0.234 e. The Kier molecular flexibility index (Phi) is 5.75. The Balaban J connectivity index is 1.48. The number of rotatable bonds is 6. The number of thioether (sulfide) groups is 1. The summed E-state index contributed by atoms with van der Waals surface area (Å²) in [4.78, 5) is 12.7. The maximum absolute atomic E-state index is 12.7. The summed E-state index contributed by atoms with van der Waals surface area (Å²) < 4.78 is 9.65. The summed E-state index contributed by atoms with van der Waals surface area (Å²) in [5, 5.41) is 12.6. The molecule has 0 saturated heterocycles. The first-order valence-corrected chi connectivity index (χ1v) is 11.9. The van der Waals surface area contributed by atoms with Crippen LogP contribution >= 0.6 is 11.8 Å². The highest BCUT2D eigenvalue weighted by Crippen LogP contribution is 2.32. The molecular weight excluding hydrogens is 446 g/mol. The number of hydrogen-bond acceptors (Lipinski definition) is 5. The standard InChI is InChI=1S/C26H25N5O2S/c1-16-11-17(2)13-19(12-16)27-24(32)15-34-26-29-28-25(31(26)20-8-6-5-7-18(20)3)22-14-23-21(30(22)4)9-10-33-23/h5-14H,15H2,1-4H3,(H,27,32). The van der Waals surface area contributed by atoms with E-state index in [0.717, 1.165) is 44.9 Å². The van der Waals surface area contributed by atoms with Crippen molar-refractivity contribution < 1.29 is 9.21 Å². The van der Waals surface area contributed by atoms with Gasteiger partial charge in [-0.2, -0.15) is 0 Å². The molecule has 7 nitrogen and oxygen atoms in total. The molecule has 0 radical (unpaired) electrons. The van der Waals surface area contributed by atoms with E-state index in [2.05, 4.69) is 34.6 Å². The number of para-hydroxylation sites is 1. The van der Waals surface area contributed by atoms with Crippen LogP contribution in [0.2, 0.25) is 0 Å². The van der Waals surface area contributed by atoms with E-state index in [1.54, 1.807) is 6.26 Å². The Morgan fingerprint density at radius 3 is 2.53 bits per heavy atom. The van der Waals surface area contributed by atoms with E-state index in [1.807, 2.05) is 72.5 Å². The molecule has 172 valence electrons. The van der Waals surface area contributed by atoms with Gasteiger partial charge >= 0.3 is 0 Å². The van der Waals surface area contributed by atoms with E-state index in [-0.39, 0.29) is 11.7 Å². The first-order valence-electron chi connectivity index (χ1n) is 11.0. The van der Waals surface area contributed by atoms with Crippen LogP contribution in [-0.2, 0) is 11.8 Å². The Bertz CT molecular complexity index is 1490. The molecule has 0 bridgehead atoms. The quantitative estimate of drug-likeness (QED) is 0.323. The van der Waals surface area contributed by atoms with Gasteiger partial charge in [0.2, 0.25) is 5.91 Å². The molecule has 0 aliphatic rings. The zero-order valence-electron chi connectivity index (χ0n) is 19.5. The van der Waals surface area contributed by atoms with Crippen molar-refractivity contribution in [1.82, 2.24) is 19.3 Å². The minimum absolute atomic E-state index is 0.0905. The van der Waals surface area contributed by atoms with Crippen molar-refractivity contribution in [3.8, 4) is 17.2 Å². The molecule has 0 spiro atoms. The molecule has 0 fully saturated rings. The molecule has 3 aromatic heterocycles. The van der Waals surface area contributed by atoms with E-state index >= 15 is 0 Å². The lowest BCUT2D eigenvalue weighted by Gasteiger charge is -2.13. The number of furan rings is 1. The van der Waals surface area contributed by atoms with Gasteiger partial charge in [0, 0.05) is 24.9 Å². The number of nitrogens with one attached hydrogen (secondary N) is 1. The zero-order valence-corrected chi connectivity index (χ0v) is 20.3. The number of amides is 1. The van der Waals surface area contributed by atoms with Gasteiger partial charge in [-0.25, -0.2) is 0 Å². The number of nitrogens with zero attached hydrogens (tertiary/aromatic N) is 4. The fourth-order valence-corrected chi connectivity index (χ4v) is 4.94. The van der Waals surface area contributed by atoms with Gasteiger partial charge in [-0.3, -0.25) is 9.36 Å². The summed E-state index contributed by atoms with van der Waals surface area (Å²) in [5.41, 5.74) is 7.74. The number of hydrogen-bond donors (Lipinski definition) is 1. The number of fused-ring (bicyclic) bond motifs is 1. The van der Waals surface area contributed by atoms with Crippen molar-refractivity contribution in [3.63, 3.8) is 0 Å². The summed E-state index contributed by atoms with van der Waals surface area (Å²) >= 11 is 1.36. The molecule has 5 rings (SSSR count). The molecule has 5 aromatic rings. The topological polar surface area (TPSA) is 77.9 Å². The van der Waals surface area contributed by atoms with Crippen LogP contribution in [0.15, 0.2) is 70.4 Å². The maximum atomic E-state index is 12.7. The summed E-state index contributed by atoms with van der Waals surface area (Å²) in [6.45, 7) is 6.09. The van der Waals surface area contributed by atoms with Gasteiger partial charge in [-0.15, -0.1) is 10.2 Å². The minimum Gasteiger partial charge on any atom is -0.463 e. The van der Waals surface area contributed by atoms with Crippen LogP contribution in [0.1, 0.15) is 16.7 Å². The van der Waals surface area contributed by atoms with Crippen LogP contribution in [-0.4, -0.2) is 31.0 Å². The molecule has 0 saturated carbocycles. The van der Waals surface area contributed by atoms with Crippen LogP contribution in [0.3, 0.4) is 0 Å². The van der Waals surface area contributed by atoms with Gasteiger partial charge in [0.25, 0.3) is 0 Å². The minimum atomic E-state index is -0.0905. The van der Waals surface area contributed by atoms with Gasteiger partial charge in [0.15, 0.2) is 16.6 Å². The Hall–Kier alpha value is -3.78. The lowest BCUT2D eigenvalue weighted by atomic mass is 10.1. The summed E-state index contributed by atoms with van der Waals surface area (Å²) in [6, 6.07) is 18.0. The first-order chi connectivity index (χ1) is 16.4. The smallest absolute Gasteiger partial charge is 0.234 e. The fourth-order valence-electron chi connectivity index (χ4n) is 4.20. The Labute approximate surface area is 201 Å². The molecule has 2 aromatic carbocycles. The lowest BCUT2D eigenvalue weighted by molar-refractivity contribution is -0.113. The van der Waals surface area contributed by atoms with E-state index in [9.17, 15) is 4.79 Å². The highest BCUT2D eigenvalue weighted by molar-refractivity contribution is 7.99. The molecule has 34 heavy (non-hydrogen) atoms. The highest BCUT2D eigenvalue weighted by Gasteiger charge is 2.22. The van der Waals surface area contributed by atoms with Crippen molar-refractivity contribution in [1.29, 1.82) is 0 Å². The normalized spacial score (nSPS) is 11.3. The summed E-state index contributed by atoms with van der Waals surface area (Å²) in [6.07, 6.45) is 1.68. The lowest BCUT2D eigenvalue weighted by Crippen LogP contribution is -2.15. The zero-order chi connectivity index (χ0) is 23.8. The fraction of sp³-hybridized carbons (Fsp3) is 0.192.